The molecule has 0 unspecified atom stereocenters. The van der Waals surface area contributed by atoms with E-state index >= 15 is 0 Å². The molecule has 2 aromatic carbocycles. The van der Waals surface area contributed by atoms with Crippen LogP contribution in [0, 0.1) is 0 Å². The molecule has 0 aliphatic rings. The summed E-state index contributed by atoms with van der Waals surface area (Å²) in [5.41, 5.74) is 2.67. The standard InChI is InChI=1S/C13H10ClF/c14-13-4-2-1-3-12(13)11-7-5-10(9-15)6-8-11/h1-8H,9H2. The van der Waals surface area contributed by atoms with Crippen molar-refractivity contribution >= 4 is 11.6 Å². The third kappa shape index (κ3) is 2.18. The minimum atomic E-state index is -0.428. The first-order chi connectivity index (χ1) is 7.31. The van der Waals surface area contributed by atoms with Gasteiger partial charge in [0.1, 0.15) is 6.67 Å². The smallest absolute Gasteiger partial charge is 0.115 e. The molecule has 0 heterocycles. The molecule has 0 fully saturated rings. The van der Waals surface area contributed by atoms with E-state index in [0.717, 1.165) is 11.1 Å². The lowest BCUT2D eigenvalue weighted by Crippen LogP contribution is -1.81. The molecule has 2 aromatic rings. The molecule has 2 heteroatoms. The van der Waals surface area contributed by atoms with Crippen molar-refractivity contribution in [1.29, 1.82) is 0 Å². The SMILES string of the molecule is FCc1ccc(-c2ccccc2Cl)cc1. The Morgan fingerprint density at radius 3 is 2.20 bits per heavy atom. The van der Waals surface area contributed by atoms with Crippen molar-refractivity contribution in [2.24, 2.45) is 0 Å². The quantitative estimate of drug-likeness (QED) is 0.700. The maximum atomic E-state index is 12.3. The first-order valence-electron chi connectivity index (χ1n) is 4.71. The van der Waals surface area contributed by atoms with Crippen molar-refractivity contribution in [3.05, 3.63) is 59.1 Å². The van der Waals surface area contributed by atoms with E-state index in [-0.39, 0.29) is 0 Å². The van der Waals surface area contributed by atoms with Crippen LogP contribution in [-0.4, -0.2) is 0 Å². The maximum Gasteiger partial charge on any atom is 0.115 e. The zero-order chi connectivity index (χ0) is 10.7. The summed E-state index contributed by atoms with van der Waals surface area (Å²) < 4.78 is 12.3. The van der Waals surface area contributed by atoms with Gasteiger partial charge in [0.15, 0.2) is 0 Å². The van der Waals surface area contributed by atoms with Gasteiger partial charge in [-0.1, -0.05) is 54.1 Å². The second kappa shape index (κ2) is 4.45. The highest BCUT2D eigenvalue weighted by Gasteiger charge is 2.01. The molecule has 0 radical (unpaired) electrons. The summed E-state index contributed by atoms with van der Waals surface area (Å²) in [6.45, 7) is -0.428. The van der Waals surface area contributed by atoms with E-state index in [1.54, 1.807) is 12.1 Å². The van der Waals surface area contributed by atoms with E-state index < -0.39 is 6.67 Å². The van der Waals surface area contributed by atoms with E-state index in [1.807, 2.05) is 36.4 Å². The normalized spacial score (nSPS) is 10.3. The van der Waals surface area contributed by atoms with E-state index in [9.17, 15) is 4.39 Å². The summed E-state index contributed by atoms with van der Waals surface area (Å²) in [4.78, 5) is 0. The Labute approximate surface area is 93.3 Å². The van der Waals surface area contributed by atoms with Gasteiger partial charge in [0.2, 0.25) is 0 Å². The van der Waals surface area contributed by atoms with Crippen LogP contribution in [0.1, 0.15) is 5.56 Å². The predicted octanol–water partition coefficient (Wildman–Crippen LogP) is 4.48. The first-order valence-corrected chi connectivity index (χ1v) is 5.09. The van der Waals surface area contributed by atoms with Crippen LogP contribution in [0.25, 0.3) is 11.1 Å². The van der Waals surface area contributed by atoms with Gasteiger partial charge in [-0.05, 0) is 17.2 Å². The van der Waals surface area contributed by atoms with Crippen molar-refractivity contribution in [3.63, 3.8) is 0 Å². The maximum absolute atomic E-state index is 12.3. The highest BCUT2D eigenvalue weighted by molar-refractivity contribution is 6.33. The van der Waals surface area contributed by atoms with Crippen molar-refractivity contribution in [2.75, 3.05) is 0 Å². The molecular formula is C13H10ClF. The molecule has 0 N–H and O–H groups in total. The van der Waals surface area contributed by atoms with Gasteiger partial charge in [0.25, 0.3) is 0 Å². The van der Waals surface area contributed by atoms with Crippen LogP contribution in [0.2, 0.25) is 5.02 Å². The highest BCUT2D eigenvalue weighted by atomic mass is 35.5. The lowest BCUT2D eigenvalue weighted by molar-refractivity contribution is 0.485. The van der Waals surface area contributed by atoms with E-state index in [1.165, 1.54) is 0 Å². The molecule has 76 valence electrons. The fraction of sp³-hybridized carbons (Fsp3) is 0.0769. The number of alkyl halides is 1. The summed E-state index contributed by atoms with van der Waals surface area (Å²) in [6.07, 6.45) is 0. The molecule has 0 spiro atoms. The number of hydrogen-bond acceptors (Lipinski definition) is 0. The van der Waals surface area contributed by atoms with Gasteiger partial charge in [-0.15, -0.1) is 0 Å². The summed E-state index contributed by atoms with van der Waals surface area (Å²) >= 11 is 6.06. The Hall–Kier alpha value is -1.34. The summed E-state index contributed by atoms with van der Waals surface area (Å²) in [7, 11) is 0. The average molecular weight is 221 g/mol. The lowest BCUT2D eigenvalue weighted by atomic mass is 10.0. The van der Waals surface area contributed by atoms with Crippen molar-refractivity contribution < 1.29 is 4.39 Å². The van der Waals surface area contributed by atoms with Gasteiger partial charge in [-0.25, -0.2) is 4.39 Å². The van der Waals surface area contributed by atoms with Gasteiger partial charge < -0.3 is 0 Å². The Balaban J connectivity index is 2.42. The van der Waals surface area contributed by atoms with Crippen LogP contribution in [0.5, 0.6) is 0 Å². The minimum Gasteiger partial charge on any atom is -0.246 e. The highest BCUT2D eigenvalue weighted by Crippen LogP contribution is 2.27. The molecule has 0 saturated carbocycles. The monoisotopic (exact) mass is 220 g/mol. The van der Waals surface area contributed by atoms with Crippen molar-refractivity contribution in [3.8, 4) is 11.1 Å². The Morgan fingerprint density at radius 1 is 0.933 bits per heavy atom. The summed E-state index contributed by atoms with van der Waals surface area (Å²) in [6, 6.07) is 14.9. The van der Waals surface area contributed by atoms with Gasteiger partial charge >= 0.3 is 0 Å². The van der Waals surface area contributed by atoms with Gasteiger partial charge in [0.05, 0.1) is 0 Å². The van der Waals surface area contributed by atoms with Crippen LogP contribution in [0.3, 0.4) is 0 Å². The molecule has 15 heavy (non-hydrogen) atoms. The van der Waals surface area contributed by atoms with Gasteiger partial charge in [-0.3, -0.25) is 0 Å². The van der Waals surface area contributed by atoms with Crippen LogP contribution < -0.4 is 0 Å². The van der Waals surface area contributed by atoms with Crippen LogP contribution in [0.15, 0.2) is 48.5 Å². The second-order valence-corrected chi connectivity index (χ2v) is 3.72. The topological polar surface area (TPSA) is 0 Å². The summed E-state index contributed by atoms with van der Waals surface area (Å²) in [5, 5.41) is 0.713. The lowest BCUT2D eigenvalue weighted by Gasteiger charge is -2.04. The zero-order valence-electron chi connectivity index (χ0n) is 8.08. The first kappa shape index (κ1) is 10.2. The molecule has 0 aliphatic heterocycles. The van der Waals surface area contributed by atoms with Gasteiger partial charge in [-0.2, -0.15) is 0 Å². The Morgan fingerprint density at radius 2 is 1.60 bits per heavy atom. The Bertz CT molecular complexity index is 448. The van der Waals surface area contributed by atoms with Crippen molar-refractivity contribution in [2.45, 2.75) is 6.67 Å². The molecule has 0 aliphatic carbocycles. The molecule has 0 atom stereocenters. The molecular weight excluding hydrogens is 211 g/mol. The van der Waals surface area contributed by atoms with Gasteiger partial charge in [0, 0.05) is 10.6 Å². The largest absolute Gasteiger partial charge is 0.246 e. The van der Waals surface area contributed by atoms with Crippen LogP contribution >= 0.6 is 11.6 Å². The predicted molar refractivity (Wildman–Crippen MR) is 61.7 cm³/mol. The average Bonchev–Trinajstić information content (AvgIpc) is 2.30. The van der Waals surface area contributed by atoms with E-state index in [4.69, 9.17) is 11.6 Å². The molecule has 0 nitrogen and oxygen atoms in total. The van der Waals surface area contributed by atoms with Crippen molar-refractivity contribution in [1.82, 2.24) is 0 Å². The molecule has 2 rings (SSSR count). The second-order valence-electron chi connectivity index (χ2n) is 3.31. The number of halogens is 2. The number of hydrogen-bond donors (Lipinski definition) is 0. The fourth-order valence-corrected chi connectivity index (χ4v) is 1.71. The van der Waals surface area contributed by atoms with Crippen LogP contribution in [-0.2, 0) is 6.67 Å². The third-order valence-electron chi connectivity index (χ3n) is 2.29. The van der Waals surface area contributed by atoms with E-state index in [0.29, 0.717) is 10.6 Å². The number of rotatable bonds is 2. The third-order valence-corrected chi connectivity index (χ3v) is 2.62. The fourth-order valence-electron chi connectivity index (χ4n) is 1.47. The van der Waals surface area contributed by atoms with Crippen LogP contribution in [0.4, 0.5) is 4.39 Å². The molecule has 0 amide bonds. The number of benzene rings is 2. The summed E-state index contributed by atoms with van der Waals surface area (Å²) in [5.74, 6) is 0. The molecule has 0 saturated heterocycles. The zero-order valence-corrected chi connectivity index (χ0v) is 8.84. The Kier molecular flexibility index (Phi) is 3.02. The van der Waals surface area contributed by atoms with E-state index in [2.05, 4.69) is 0 Å². The minimum absolute atomic E-state index is 0.428. The molecule has 0 aromatic heterocycles. The molecule has 0 bridgehead atoms.